The van der Waals surface area contributed by atoms with E-state index in [1.807, 2.05) is 0 Å². The van der Waals surface area contributed by atoms with Gasteiger partial charge in [-0.2, -0.15) is 0 Å². The first kappa shape index (κ1) is 15.9. The number of hydrogen-bond donors (Lipinski definition) is 2. The second kappa shape index (κ2) is 6.67. The van der Waals surface area contributed by atoms with Gasteiger partial charge in [-0.25, -0.2) is 0 Å². The number of carbonyl (C=O) groups is 2. The zero-order valence-electron chi connectivity index (χ0n) is 12.7. The molecule has 0 spiro atoms. The van der Waals surface area contributed by atoms with Crippen molar-refractivity contribution in [3.63, 3.8) is 0 Å². The Bertz CT molecular complexity index is 722. The molecule has 1 aliphatic carbocycles. The van der Waals surface area contributed by atoms with Crippen LogP contribution in [0.4, 0.5) is 10.3 Å². The third-order valence-electron chi connectivity index (χ3n) is 3.52. The van der Waals surface area contributed by atoms with Gasteiger partial charge in [0.25, 0.3) is 0 Å². The van der Waals surface area contributed by atoms with Crippen LogP contribution >= 0.6 is 22.7 Å². The standard InChI is InChI=1S/C13H16N6O2S2/c1-6(20)14-12-18-16-10(22-12)5-8-3-9(4-8)11-17-19-13(23-11)15-7(2)21/h8-9H,3-5H2,1-2H3,(H,14,18,20)(H,15,19,21)/t8-,9+. The molecular formula is C13H16N6O2S2. The molecule has 2 heterocycles. The number of anilines is 2. The van der Waals surface area contributed by atoms with E-state index in [1.54, 1.807) is 0 Å². The number of hydrogen-bond acceptors (Lipinski definition) is 8. The molecule has 0 aliphatic heterocycles. The van der Waals surface area contributed by atoms with Crippen LogP contribution in [0.15, 0.2) is 0 Å². The second-order valence-electron chi connectivity index (χ2n) is 5.55. The van der Waals surface area contributed by atoms with Crippen LogP contribution in [0, 0.1) is 5.92 Å². The predicted molar refractivity (Wildman–Crippen MR) is 87.6 cm³/mol. The molecule has 2 amide bonds. The van der Waals surface area contributed by atoms with Crippen LogP contribution in [-0.2, 0) is 16.0 Å². The molecule has 23 heavy (non-hydrogen) atoms. The number of rotatable bonds is 5. The van der Waals surface area contributed by atoms with Crippen LogP contribution in [0.3, 0.4) is 0 Å². The Morgan fingerprint density at radius 1 is 1.00 bits per heavy atom. The summed E-state index contributed by atoms with van der Waals surface area (Å²) in [6, 6.07) is 0. The first-order chi connectivity index (χ1) is 11.0. The quantitative estimate of drug-likeness (QED) is 0.852. The molecule has 122 valence electrons. The summed E-state index contributed by atoms with van der Waals surface area (Å²) in [6.45, 7) is 2.91. The Kier molecular flexibility index (Phi) is 4.62. The van der Waals surface area contributed by atoms with Gasteiger partial charge in [-0.05, 0) is 18.8 Å². The minimum atomic E-state index is -0.136. The van der Waals surface area contributed by atoms with Crippen LogP contribution in [0.1, 0.15) is 42.6 Å². The average molecular weight is 352 g/mol. The molecule has 0 unspecified atom stereocenters. The smallest absolute Gasteiger partial charge is 0.223 e. The summed E-state index contributed by atoms with van der Waals surface area (Å²) in [5.41, 5.74) is 0. The largest absolute Gasteiger partial charge is 0.301 e. The average Bonchev–Trinajstić information content (AvgIpc) is 3.01. The van der Waals surface area contributed by atoms with Crippen LogP contribution in [0.2, 0.25) is 0 Å². The summed E-state index contributed by atoms with van der Waals surface area (Å²) in [5, 5.41) is 24.5. The van der Waals surface area contributed by atoms with Crippen molar-refractivity contribution < 1.29 is 9.59 Å². The Hall–Kier alpha value is -1.94. The normalized spacial score (nSPS) is 19.9. The van der Waals surface area contributed by atoms with Gasteiger partial charge in [0.05, 0.1) is 0 Å². The number of nitrogens with one attached hydrogen (secondary N) is 2. The first-order valence-electron chi connectivity index (χ1n) is 7.20. The predicted octanol–water partition coefficient (Wildman–Crippen LogP) is 2.04. The summed E-state index contributed by atoms with van der Waals surface area (Å²) in [6.07, 6.45) is 2.93. The Balaban J connectivity index is 1.49. The molecule has 1 fully saturated rings. The highest BCUT2D eigenvalue weighted by molar-refractivity contribution is 7.15. The Labute approximate surface area is 140 Å². The fourth-order valence-corrected chi connectivity index (χ4v) is 4.30. The molecule has 0 aromatic carbocycles. The van der Waals surface area contributed by atoms with E-state index in [-0.39, 0.29) is 11.8 Å². The van der Waals surface area contributed by atoms with E-state index in [9.17, 15) is 9.59 Å². The summed E-state index contributed by atoms with van der Waals surface area (Å²) in [5.74, 6) is 0.682. The minimum absolute atomic E-state index is 0.134. The van der Waals surface area contributed by atoms with Crippen molar-refractivity contribution in [2.24, 2.45) is 5.92 Å². The maximum Gasteiger partial charge on any atom is 0.223 e. The molecule has 2 aromatic rings. The van der Waals surface area contributed by atoms with Gasteiger partial charge in [0, 0.05) is 26.2 Å². The SMILES string of the molecule is CC(=O)Nc1nnc(C[C@H]2C[C@@H](c3nnc(NC(C)=O)s3)C2)s1. The van der Waals surface area contributed by atoms with Gasteiger partial charge in [0.1, 0.15) is 10.0 Å². The highest BCUT2D eigenvalue weighted by Gasteiger charge is 2.33. The molecule has 1 saturated carbocycles. The van der Waals surface area contributed by atoms with E-state index in [4.69, 9.17) is 0 Å². The van der Waals surface area contributed by atoms with Crippen LogP contribution < -0.4 is 10.6 Å². The molecule has 2 aromatic heterocycles. The summed E-state index contributed by atoms with van der Waals surface area (Å²) in [4.78, 5) is 22.0. The van der Waals surface area contributed by atoms with Gasteiger partial charge < -0.3 is 10.6 Å². The molecule has 0 atom stereocenters. The molecule has 0 bridgehead atoms. The first-order valence-corrected chi connectivity index (χ1v) is 8.84. The van der Waals surface area contributed by atoms with E-state index in [0.717, 1.165) is 29.3 Å². The van der Waals surface area contributed by atoms with E-state index in [1.165, 1.54) is 36.5 Å². The van der Waals surface area contributed by atoms with Gasteiger partial charge in [0.15, 0.2) is 0 Å². The summed E-state index contributed by atoms with van der Waals surface area (Å²) < 4.78 is 0. The number of carbonyl (C=O) groups excluding carboxylic acids is 2. The fourth-order valence-electron chi connectivity index (χ4n) is 2.49. The lowest BCUT2D eigenvalue weighted by molar-refractivity contribution is -0.115. The third kappa shape index (κ3) is 4.08. The maximum atomic E-state index is 11.0. The lowest BCUT2D eigenvalue weighted by atomic mass is 9.74. The van der Waals surface area contributed by atoms with Gasteiger partial charge in [0.2, 0.25) is 22.1 Å². The van der Waals surface area contributed by atoms with E-state index >= 15 is 0 Å². The zero-order chi connectivity index (χ0) is 16.4. The third-order valence-corrected chi connectivity index (χ3v) is 5.38. The van der Waals surface area contributed by atoms with Crippen LogP contribution in [-0.4, -0.2) is 32.2 Å². The highest BCUT2D eigenvalue weighted by Crippen LogP contribution is 2.44. The Morgan fingerprint density at radius 2 is 1.61 bits per heavy atom. The second-order valence-corrected chi connectivity index (χ2v) is 7.62. The van der Waals surface area contributed by atoms with Crippen molar-refractivity contribution in [1.82, 2.24) is 20.4 Å². The number of nitrogens with zero attached hydrogens (tertiary/aromatic N) is 4. The fraction of sp³-hybridized carbons (Fsp3) is 0.538. The molecule has 8 nitrogen and oxygen atoms in total. The topological polar surface area (TPSA) is 110 Å². The van der Waals surface area contributed by atoms with Crippen molar-refractivity contribution in [2.75, 3.05) is 10.6 Å². The van der Waals surface area contributed by atoms with Crippen molar-refractivity contribution in [2.45, 2.75) is 39.0 Å². The lowest BCUT2D eigenvalue weighted by Gasteiger charge is -2.32. The lowest BCUT2D eigenvalue weighted by Crippen LogP contribution is -2.23. The molecule has 2 N–H and O–H groups in total. The zero-order valence-corrected chi connectivity index (χ0v) is 14.3. The highest BCUT2D eigenvalue weighted by atomic mass is 32.1. The Morgan fingerprint density at radius 3 is 2.26 bits per heavy atom. The summed E-state index contributed by atoms with van der Waals surface area (Å²) in [7, 11) is 0. The van der Waals surface area contributed by atoms with E-state index < -0.39 is 0 Å². The number of aromatic nitrogens is 4. The molecule has 10 heteroatoms. The van der Waals surface area contributed by atoms with Crippen LogP contribution in [0.25, 0.3) is 0 Å². The van der Waals surface area contributed by atoms with Crippen molar-refractivity contribution in [3.05, 3.63) is 10.0 Å². The molecule has 0 radical (unpaired) electrons. The van der Waals surface area contributed by atoms with Gasteiger partial charge in [-0.1, -0.05) is 22.7 Å². The maximum absolute atomic E-state index is 11.0. The van der Waals surface area contributed by atoms with Crippen molar-refractivity contribution >= 4 is 44.8 Å². The van der Waals surface area contributed by atoms with Gasteiger partial charge in [-0.15, -0.1) is 20.4 Å². The van der Waals surface area contributed by atoms with Crippen molar-refractivity contribution in [3.8, 4) is 0 Å². The van der Waals surface area contributed by atoms with E-state index in [0.29, 0.717) is 22.1 Å². The molecule has 1 aliphatic rings. The van der Waals surface area contributed by atoms with Crippen LogP contribution in [0.5, 0.6) is 0 Å². The molecular weight excluding hydrogens is 336 g/mol. The van der Waals surface area contributed by atoms with Gasteiger partial charge in [-0.3, -0.25) is 9.59 Å². The monoisotopic (exact) mass is 352 g/mol. The van der Waals surface area contributed by atoms with Gasteiger partial charge >= 0.3 is 0 Å². The molecule has 3 rings (SSSR count). The number of amides is 2. The van der Waals surface area contributed by atoms with Crippen molar-refractivity contribution in [1.29, 1.82) is 0 Å². The molecule has 0 saturated heterocycles. The summed E-state index contributed by atoms with van der Waals surface area (Å²) >= 11 is 2.86. The van der Waals surface area contributed by atoms with E-state index in [2.05, 4.69) is 31.0 Å². The minimum Gasteiger partial charge on any atom is -0.301 e.